The van der Waals surface area contributed by atoms with E-state index in [1.807, 2.05) is 6.92 Å². The quantitative estimate of drug-likeness (QED) is 0.469. The number of hydrogen-bond acceptors (Lipinski definition) is 4. The summed E-state index contributed by atoms with van der Waals surface area (Å²) in [7, 11) is 0. The molecule has 0 radical (unpaired) electrons. The number of carbonyl (C=O) groups is 1. The minimum Gasteiger partial charge on any atom is -0.479 e. The van der Waals surface area contributed by atoms with Crippen molar-refractivity contribution in [2.24, 2.45) is 0 Å². The Labute approximate surface area is 102 Å². The molecule has 0 aliphatic rings. The van der Waals surface area contributed by atoms with Gasteiger partial charge in [0.1, 0.15) is 5.75 Å². The van der Waals surface area contributed by atoms with E-state index in [1.165, 1.54) is 0 Å². The van der Waals surface area contributed by atoms with Crippen molar-refractivity contribution < 1.29 is 14.3 Å². The number of rotatable bonds is 6. The van der Waals surface area contributed by atoms with Gasteiger partial charge in [-0.05, 0) is 25.5 Å². The second kappa shape index (κ2) is 6.78. The molecule has 0 saturated heterocycles. The van der Waals surface area contributed by atoms with Gasteiger partial charge in [-0.15, -0.1) is 0 Å². The Kier molecular flexibility index (Phi) is 5.33. The van der Waals surface area contributed by atoms with Crippen LogP contribution in [0.1, 0.15) is 26.7 Å². The van der Waals surface area contributed by atoms with E-state index in [4.69, 9.17) is 15.2 Å². The number of esters is 1. The van der Waals surface area contributed by atoms with E-state index in [2.05, 4.69) is 0 Å². The average molecular weight is 237 g/mol. The smallest absolute Gasteiger partial charge is 0.347 e. The molecule has 1 aromatic rings. The van der Waals surface area contributed by atoms with Crippen molar-refractivity contribution in [3.05, 3.63) is 24.3 Å². The zero-order chi connectivity index (χ0) is 12.7. The van der Waals surface area contributed by atoms with Crippen LogP contribution in [0.4, 0.5) is 5.69 Å². The summed E-state index contributed by atoms with van der Waals surface area (Å²) in [5, 5.41) is 0. The lowest BCUT2D eigenvalue weighted by molar-refractivity contribution is -0.151. The molecular weight excluding hydrogens is 218 g/mol. The zero-order valence-corrected chi connectivity index (χ0v) is 10.3. The number of hydrogen-bond donors (Lipinski definition) is 1. The van der Waals surface area contributed by atoms with Gasteiger partial charge in [0, 0.05) is 11.8 Å². The lowest BCUT2D eigenvalue weighted by Gasteiger charge is -2.14. The van der Waals surface area contributed by atoms with E-state index in [0.29, 0.717) is 18.0 Å². The number of nitrogens with two attached hydrogens (primary N) is 1. The van der Waals surface area contributed by atoms with Crippen molar-refractivity contribution in [1.82, 2.24) is 0 Å². The predicted molar refractivity (Wildman–Crippen MR) is 66.8 cm³/mol. The molecule has 0 heterocycles. The minimum absolute atomic E-state index is 0.346. The molecule has 0 unspecified atom stereocenters. The first-order chi connectivity index (χ1) is 8.13. The summed E-state index contributed by atoms with van der Waals surface area (Å²) in [5.74, 6) is 0.228. The molecule has 1 aromatic carbocycles. The van der Waals surface area contributed by atoms with Gasteiger partial charge in [-0.25, -0.2) is 4.79 Å². The predicted octanol–water partition coefficient (Wildman–Crippen LogP) is 2.38. The van der Waals surface area contributed by atoms with Gasteiger partial charge in [0.15, 0.2) is 6.10 Å². The molecule has 94 valence electrons. The Morgan fingerprint density at radius 2 is 2.24 bits per heavy atom. The Hall–Kier alpha value is -1.71. The Balaban J connectivity index is 2.43. The molecule has 0 fully saturated rings. The fourth-order valence-electron chi connectivity index (χ4n) is 1.27. The molecule has 0 aliphatic carbocycles. The lowest BCUT2D eigenvalue weighted by atomic mass is 10.3. The molecule has 0 aliphatic heterocycles. The summed E-state index contributed by atoms with van der Waals surface area (Å²) in [5.41, 5.74) is 6.22. The van der Waals surface area contributed by atoms with Gasteiger partial charge in [-0.2, -0.15) is 0 Å². The first-order valence-corrected chi connectivity index (χ1v) is 5.82. The van der Waals surface area contributed by atoms with Crippen LogP contribution in [0.25, 0.3) is 0 Å². The summed E-state index contributed by atoms with van der Waals surface area (Å²) < 4.78 is 10.5. The van der Waals surface area contributed by atoms with Crippen LogP contribution >= 0.6 is 0 Å². The van der Waals surface area contributed by atoms with Gasteiger partial charge >= 0.3 is 5.97 Å². The monoisotopic (exact) mass is 237 g/mol. The van der Waals surface area contributed by atoms with Gasteiger partial charge in [-0.1, -0.05) is 19.4 Å². The fourth-order valence-corrected chi connectivity index (χ4v) is 1.27. The first-order valence-electron chi connectivity index (χ1n) is 5.82. The largest absolute Gasteiger partial charge is 0.479 e. The number of carbonyl (C=O) groups excluding carboxylic acids is 1. The molecule has 4 nitrogen and oxygen atoms in total. The Morgan fingerprint density at radius 3 is 2.88 bits per heavy atom. The molecule has 1 rings (SSSR count). The Bertz CT molecular complexity index is 365. The molecule has 0 bridgehead atoms. The maximum atomic E-state index is 11.5. The van der Waals surface area contributed by atoms with Crippen molar-refractivity contribution in [3.8, 4) is 5.75 Å². The molecule has 0 amide bonds. The molecular formula is C13H19NO3. The van der Waals surface area contributed by atoms with Crippen LogP contribution < -0.4 is 10.5 Å². The number of nitrogen functional groups attached to an aromatic ring is 1. The lowest BCUT2D eigenvalue weighted by Crippen LogP contribution is -2.26. The van der Waals surface area contributed by atoms with Crippen molar-refractivity contribution in [3.63, 3.8) is 0 Å². The number of ether oxygens (including phenoxy) is 2. The number of benzene rings is 1. The van der Waals surface area contributed by atoms with E-state index < -0.39 is 6.10 Å². The van der Waals surface area contributed by atoms with Gasteiger partial charge < -0.3 is 15.2 Å². The Morgan fingerprint density at radius 1 is 1.47 bits per heavy atom. The third-order valence-corrected chi connectivity index (χ3v) is 2.25. The van der Waals surface area contributed by atoms with Crippen LogP contribution in [0.15, 0.2) is 24.3 Å². The van der Waals surface area contributed by atoms with E-state index in [9.17, 15) is 4.79 Å². The topological polar surface area (TPSA) is 61.5 Å². The van der Waals surface area contributed by atoms with Crippen LogP contribution in [0.2, 0.25) is 0 Å². The normalized spacial score (nSPS) is 11.9. The highest BCUT2D eigenvalue weighted by molar-refractivity contribution is 5.74. The number of anilines is 1. The summed E-state index contributed by atoms with van der Waals surface area (Å²) in [6, 6.07) is 6.97. The molecule has 17 heavy (non-hydrogen) atoms. The van der Waals surface area contributed by atoms with Gasteiger partial charge in [0.2, 0.25) is 0 Å². The average Bonchev–Trinajstić information content (AvgIpc) is 2.29. The highest BCUT2D eigenvalue weighted by Gasteiger charge is 2.15. The standard InChI is InChI=1S/C13H19NO3/c1-3-4-8-16-13(15)10(2)17-12-7-5-6-11(14)9-12/h5-7,9-10H,3-4,8,14H2,1-2H3/t10-/m1/s1. The second-order valence-electron chi connectivity index (χ2n) is 3.85. The summed E-state index contributed by atoms with van der Waals surface area (Å²) in [6.45, 7) is 4.15. The van der Waals surface area contributed by atoms with Crippen molar-refractivity contribution in [2.75, 3.05) is 12.3 Å². The van der Waals surface area contributed by atoms with Gasteiger partial charge in [0.05, 0.1) is 6.61 Å². The van der Waals surface area contributed by atoms with E-state index >= 15 is 0 Å². The zero-order valence-electron chi connectivity index (χ0n) is 10.3. The third kappa shape index (κ3) is 4.76. The van der Waals surface area contributed by atoms with E-state index in [0.717, 1.165) is 12.8 Å². The van der Waals surface area contributed by atoms with Crippen LogP contribution in [0, 0.1) is 0 Å². The fraction of sp³-hybridized carbons (Fsp3) is 0.462. The van der Waals surface area contributed by atoms with Crippen molar-refractivity contribution in [1.29, 1.82) is 0 Å². The summed E-state index contributed by atoms with van der Waals surface area (Å²) in [6.07, 6.45) is 1.25. The summed E-state index contributed by atoms with van der Waals surface area (Å²) in [4.78, 5) is 11.5. The molecule has 4 heteroatoms. The third-order valence-electron chi connectivity index (χ3n) is 2.25. The maximum Gasteiger partial charge on any atom is 0.347 e. The molecule has 0 saturated carbocycles. The second-order valence-corrected chi connectivity index (χ2v) is 3.85. The van der Waals surface area contributed by atoms with Crippen molar-refractivity contribution >= 4 is 11.7 Å². The molecule has 0 spiro atoms. The van der Waals surface area contributed by atoms with Crippen molar-refractivity contribution in [2.45, 2.75) is 32.8 Å². The van der Waals surface area contributed by atoms with Crippen LogP contribution in [0.3, 0.4) is 0 Å². The van der Waals surface area contributed by atoms with Gasteiger partial charge in [0.25, 0.3) is 0 Å². The minimum atomic E-state index is -0.617. The van der Waals surface area contributed by atoms with E-state index in [-0.39, 0.29) is 5.97 Å². The first kappa shape index (κ1) is 13.4. The SMILES string of the molecule is CCCCOC(=O)[C@@H](C)Oc1cccc(N)c1. The number of unbranched alkanes of at least 4 members (excludes halogenated alkanes) is 1. The molecule has 0 aromatic heterocycles. The molecule has 2 N–H and O–H groups in total. The maximum absolute atomic E-state index is 11.5. The summed E-state index contributed by atoms with van der Waals surface area (Å²) >= 11 is 0. The van der Waals surface area contributed by atoms with E-state index in [1.54, 1.807) is 31.2 Å². The van der Waals surface area contributed by atoms with Crippen LogP contribution in [0.5, 0.6) is 5.75 Å². The molecule has 1 atom stereocenters. The van der Waals surface area contributed by atoms with Crippen LogP contribution in [-0.4, -0.2) is 18.7 Å². The van der Waals surface area contributed by atoms with Gasteiger partial charge in [-0.3, -0.25) is 0 Å². The van der Waals surface area contributed by atoms with Crippen LogP contribution in [-0.2, 0) is 9.53 Å². The highest BCUT2D eigenvalue weighted by Crippen LogP contribution is 2.16. The highest BCUT2D eigenvalue weighted by atomic mass is 16.6.